The Morgan fingerprint density at radius 1 is 1.25 bits per heavy atom. The summed E-state index contributed by atoms with van der Waals surface area (Å²) in [6, 6.07) is 5.41. The van der Waals surface area contributed by atoms with Gasteiger partial charge in [0.25, 0.3) is 5.91 Å². The number of Topliss-reactive ketones (excluding diaryl/α,β-unsaturated/α-hetero) is 1. The molecule has 0 radical (unpaired) electrons. The standard InChI is InChI=1S/C15H16N2O3/c1-10(18)13-9-16-14-8-11(2-3-12(13)14)15(19)17-4-6-20-7-5-17/h2-3,8-9,16H,4-7H2,1H3. The third kappa shape index (κ3) is 2.20. The van der Waals surface area contributed by atoms with E-state index in [0.717, 1.165) is 10.9 Å². The molecule has 1 aliphatic rings. The first kappa shape index (κ1) is 12.9. The Hall–Kier alpha value is -2.14. The van der Waals surface area contributed by atoms with Crippen molar-refractivity contribution in [3.05, 3.63) is 35.5 Å². The Balaban J connectivity index is 1.92. The lowest BCUT2D eigenvalue weighted by Gasteiger charge is -2.26. The molecule has 1 aliphatic heterocycles. The van der Waals surface area contributed by atoms with Gasteiger partial charge < -0.3 is 14.6 Å². The molecule has 0 unspecified atom stereocenters. The summed E-state index contributed by atoms with van der Waals surface area (Å²) in [5, 5.41) is 0.857. The molecule has 0 saturated carbocycles. The van der Waals surface area contributed by atoms with Gasteiger partial charge in [0.05, 0.1) is 13.2 Å². The molecule has 0 atom stereocenters. The molecule has 1 N–H and O–H groups in total. The van der Waals surface area contributed by atoms with Gasteiger partial charge in [0.2, 0.25) is 0 Å². The van der Waals surface area contributed by atoms with E-state index in [9.17, 15) is 9.59 Å². The predicted octanol–water partition coefficient (Wildman–Crippen LogP) is 1.84. The van der Waals surface area contributed by atoms with Crippen molar-refractivity contribution in [2.45, 2.75) is 6.92 Å². The molecule has 1 aromatic heterocycles. The minimum atomic E-state index is 0.00850. The first-order valence-corrected chi connectivity index (χ1v) is 6.66. The number of nitrogens with zero attached hydrogens (tertiary/aromatic N) is 1. The van der Waals surface area contributed by atoms with E-state index in [1.807, 2.05) is 6.07 Å². The summed E-state index contributed by atoms with van der Waals surface area (Å²) in [5.41, 5.74) is 2.11. The fraction of sp³-hybridized carbons (Fsp3) is 0.333. The number of nitrogens with one attached hydrogen (secondary N) is 1. The third-order valence-corrected chi connectivity index (χ3v) is 3.61. The molecule has 0 bridgehead atoms. The lowest BCUT2D eigenvalue weighted by Crippen LogP contribution is -2.40. The van der Waals surface area contributed by atoms with Crippen LogP contribution in [0.15, 0.2) is 24.4 Å². The summed E-state index contributed by atoms with van der Waals surface area (Å²) in [7, 11) is 0. The highest BCUT2D eigenvalue weighted by Crippen LogP contribution is 2.21. The van der Waals surface area contributed by atoms with E-state index in [1.54, 1.807) is 23.2 Å². The summed E-state index contributed by atoms with van der Waals surface area (Å²) >= 11 is 0. The van der Waals surface area contributed by atoms with E-state index in [4.69, 9.17) is 4.74 Å². The van der Waals surface area contributed by atoms with Crippen molar-refractivity contribution in [1.82, 2.24) is 9.88 Å². The number of morpholine rings is 1. The molecular formula is C15H16N2O3. The van der Waals surface area contributed by atoms with Gasteiger partial charge in [-0.1, -0.05) is 6.07 Å². The molecule has 104 valence electrons. The number of amides is 1. The molecule has 1 amide bonds. The SMILES string of the molecule is CC(=O)c1c[nH]c2cc(C(=O)N3CCOCC3)ccc12. The van der Waals surface area contributed by atoms with E-state index in [-0.39, 0.29) is 11.7 Å². The smallest absolute Gasteiger partial charge is 0.254 e. The number of ketones is 1. The minimum absolute atomic E-state index is 0.00850. The number of H-pyrrole nitrogens is 1. The summed E-state index contributed by atoms with van der Waals surface area (Å²) in [6.07, 6.45) is 1.69. The first-order chi connectivity index (χ1) is 9.66. The van der Waals surface area contributed by atoms with Crippen LogP contribution in [0.1, 0.15) is 27.6 Å². The maximum Gasteiger partial charge on any atom is 0.254 e. The third-order valence-electron chi connectivity index (χ3n) is 3.61. The van der Waals surface area contributed by atoms with Crippen LogP contribution in [0.5, 0.6) is 0 Å². The van der Waals surface area contributed by atoms with Gasteiger partial charge >= 0.3 is 0 Å². The van der Waals surface area contributed by atoms with Crippen molar-refractivity contribution in [1.29, 1.82) is 0 Å². The quantitative estimate of drug-likeness (QED) is 0.848. The molecule has 1 fully saturated rings. The zero-order valence-corrected chi connectivity index (χ0v) is 11.3. The molecule has 0 aliphatic carbocycles. The summed E-state index contributed by atoms with van der Waals surface area (Å²) in [5.74, 6) is 0.0256. The molecule has 1 saturated heterocycles. The Bertz CT molecular complexity index is 669. The van der Waals surface area contributed by atoms with Gasteiger partial charge in [0.1, 0.15) is 0 Å². The fourth-order valence-electron chi connectivity index (χ4n) is 2.50. The number of carbonyl (C=O) groups is 2. The number of ether oxygens (including phenoxy) is 1. The van der Waals surface area contributed by atoms with E-state index in [1.165, 1.54) is 6.92 Å². The number of hydrogen-bond acceptors (Lipinski definition) is 3. The van der Waals surface area contributed by atoms with Crippen LogP contribution in [0.2, 0.25) is 0 Å². The number of carbonyl (C=O) groups excluding carboxylic acids is 2. The van der Waals surface area contributed by atoms with Crippen molar-refractivity contribution in [3.8, 4) is 0 Å². The van der Waals surface area contributed by atoms with Crippen LogP contribution in [-0.2, 0) is 4.74 Å². The number of benzene rings is 1. The normalized spacial score (nSPS) is 15.6. The second-order valence-corrected chi connectivity index (χ2v) is 4.92. The number of hydrogen-bond donors (Lipinski definition) is 1. The monoisotopic (exact) mass is 272 g/mol. The summed E-state index contributed by atoms with van der Waals surface area (Å²) in [4.78, 5) is 28.7. The van der Waals surface area contributed by atoms with E-state index in [2.05, 4.69) is 4.98 Å². The molecule has 2 aromatic rings. The second kappa shape index (κ2) is 5.09. The predicted molar refractivity (Wildman–Crippen MR) is 75.0 cm³/mol. The first-order valence-electron chi connectivity index (χ1n) is 6.66. The molecule has 20 heavy (non-hydrogen) atoms. The Morgan fingerprint density at radius 2 is 2.00 bits per heavy atom. The zero-order chi connectivity index (χ0) is 14.1. The van der Waals surface area contributed by atoms with Crippen molar-refractivity contribution < 1.29 is 14.3 Å². The van der Waals surface area contributed by atoms with Crippen LogP contribution >= 0.6 is 0 Å². The maximum atomic E-state index is 12.4. The largest absolute Gasteiger partial charge is 0.378 e. The highest BCUT2D eigenvalue weighted by molar-refractivity contribution is 6.08. The number of aromatic nitrogens is 1. The summed E-state index contributed by atoms with van der Waals surface area (Å²) < 4.78 is 5.25. The molecular weight excluding hydrogens is 256 g/mol. The fourth-order valence-corrected chi connectivity index (χ4v) is 2.50. The van der Waals surface area contributed by atoms with Crippen molar-refractivity contribution >= 4 is 22.6 Å². The Morgan fingerprint density at radius 3 is 2.70 bits per heavy atom. The topological polar surface area (TPSA) is 62.4 Å². The minimum Gasteiger partial charge on any atom is -0.378 e. The highest BCUT2D eigenvalue weighted by atomic mass is 16.5. The molecule has 5 nitrogen and oxygen atoms in total. The van der Waals surface area contributed by atoms with Gasteiger partial charge in [-0.05, 0) is 19.1 Å². The Labute approximate surface area is 116 Å². The average Bonchev–Trinajstić information content (AvgIpc) is 2.90. The molecule has 5 heteroatoms. The van der Waals surface area contributed by atoms with Gasteiger partial charge in [-0.15, -0.1) is 0 Å². The van der Waals surface area contributed by atoms with Crippen LogP contribution in [0.4, 0.5) is 0 Å². The maximum absolute atomic E-state index is 12.4. The van der Waals surface area contributed by atoms with E-state index < -0.39 is 0 Å². The molecule has 0 spiro atoms. The van der Waals surface area contributed by atoms with Gasteiger partial charge in [-0.25, -0.2) is 0 Å². The van der Waals surface area contributed by atoms with Crippen molar-refractivity contribution in [2.75, 3.05) is 26.3 Å². The molecule has 2 heterocycles. The number of aromatic amines is 1. The van der Waals surface area contributed by atoms with Crippen LogP contribution in [0.25, 0.3) is 10.9 Å². The van der Waals surface area contributed by atoms with Crippen LogP contribution in [-0.4, -0.2) is 47.9 Å². The zero-order valence-electron chi connectivity index (χ0n) is 11.3. The lowest BCUT2D eigenvalue weighted by molar-refractivity contribution is 0.0303. The van der Waals surface area contributed by atoms with Gasteiger partial charge in [-0.2, -0.15) is 0 Å². The number of fused-ring (bicyclic) bond motifs is 1. The van der Waals surface area contributed by atoms with Crippen LogP contribution in [0, 0.1) is 0 Å². The number of rotatable bonds is 2. The van der Waals surface area contributed by atoms with Crippen LogP contribution < -0.4 is 0 Å². The van der Waals surface area contributed by atoms with Gasteiger partial charge in [-0.3, -0.25) is 9.59 Å². The highest BCUT2D eigenvalue weighted by Gasteiger charge is 2.19. The average molecular weight is 272 g/mol. The van der Waals surface area contributed by atoms with Gasteiger partial charge in [0, 0.05) is 41.3 Å². The molecule has 3 rings (SSSR count). The van der Waals surface area contributed by atoms with E-state index >= 15 is 0 Å². The summed E-state index contributed by atoms with van der Waals surface area (Å²) in [6.45, 7) is 3.96. The lowest BCUT2D eigenvalue weighted by atomic mass is 10.1. The Kier molecular flexibility index (Phi) is 3.28. The second-order valence-electron chi connectivity index (χ2n) is 4.92. The van der Waals surface area contributed by atoms with Crippen molar-refractivity contribution in [2.24, 2.45) is 0 Å². The van der Waals surface area contributed by atoms with Crippen LogP contribution in [0.3, 0.4) is 0 Å². The van der Waals surface area contributed by atoms with E-state index in [0.29, 0.717) is 37.4 Å². The van der Waals surface area contributed by atoms with Crippen molar-refractivity contribution in [3.63, 3.8) is 0 Å². The van der Waals surface area contributed by atoms with Gasteiger partial charge in [0.15, 0.2) is 5.78 Å². The molecule has 1 aromatic carbocycles.